The van der Waals surface area contributed by atoms with E-state index in [-0.39, 0.29) is 11.7 Å². The van der Waals surface area contributed by atoms with Gasteiger partial charge in [0.1, 0.15) is 5.92 Å². The zero-order chi connectivity index (χ0) is 25.8. The summed E-state index contributed by atoms with van der Waals surface area (Å²) >= 11 is 0. The molecule has 0 aliphatic carbocycles. The van der Waals surface area contributed by atoms with Crippen molar-refractivity contribution in [3.05, 3.63) is 107 Å². The molecule has 0 saturated carbocycles. The zero-order valence-electron chi connectivity index (χ0n) is 20.8. The molecule has 3 aromatic carbocycles. The van der Waals surface area contributed by atoms with E-state index in [1.807, 2.05) is 84.9 Å². The Morgan fingerprint density at radius 3 is 2.27 bits per heavy atom. The van der Waals surface area contributed by atoms with Crippen LogP contribution < -0.4 is 5.32 Å². The molecule has 6 nitrogen and oxygen atoms in total. The molecular formula is C31H30N2O4. The van der Waals surface area contributed by atoms with E-state index in [1.165, 1.54) is 6.92 Å². The molecule has 2 N–H and O–H groups in total. The van der Waals surface area contributed by atoms with E-state index in [0.717, 1.165) is 33.3 Å². The van der Waals surface area contributed by atoms with E-state index < -0.39 is 23.9 Å². The molecule has 1 aliphatic rings. The van der Waals surface area contributed by atoms with Gasteiger partial charge in [0.2, 0.25) is 5.91 Å². The number of Topliss-reactive ketones (excluding diaryl/α,β-unsaturated/α-hetero) is 1. The number of rotatable bonds is 9. The summed E-state index contributed by atoms with van der Waals surface area (Å²) in [6.07, 6.45) is 0.644. The number of H-pyrrole nitrogens is 1. The van der Waals surface area contributed by atoms with Crippen LogP contribution in [0.25, 0.3) is 10.9 Å². The van der Waals surface area contributed by atoms with Crippen LogP contribution in [-0.2, 0) is 38.4 Å². The first-order chi connectivity index (χ1) is 18.0. The number of carbonyl (C=O) groups is 3. The van der Waals surface area contributed by atoms with Crippen molar-refractivity contribution in [3.8, 4) is 0 Å². The van der Waals surface area contributed by atoms with E-state index in [2.05, 4.69) is 10.3 Å². The first-order valence-corrected chi connectivity index (χ1v) is 12.7. The van der Waals surface area contributed by atoms with Gasteiger partial charge in [0.25, 0.3) is 0 Å². The van der Waals surface area contributed by atoms with Crippen molar-refractivity contribution >= 4 is 28.6 Å². The molecule has 5 rings (SSSR count). The minimum atomic E-state index is -0.915. The number of para-hydroxylation sites is 1. The van der Waals surface area contributed by atoms with Gasteiger partial charge in [-0.25, -0.2) is 0 Å². The average Bonchev–Trinajstić information content (AvgIpc) is 3.40. The predicted octanol–water partition coefficient (Wildman–Crippen LogP) is 4.53. The maximum absolute atomic E-state index is 13.7. The lowest BCUT2D eigenvalue weighted by atomic mass is 9.79. The molecule has 37 heavy (non-hydrogen) atoms. The average molecular weight is 495 g/mol. The lowest BCUT2D eigenvalue weighted by Crippen LogP contribution is -2.30. The molecule has 0 spiro atoms. The van der Waals surface area contributed by atoms with Gasteiger partial charge in [-0.1, -0.05) is 78.9 Å². The number of aromatic nitrogens is 1. The molecule has 188 valence electrons. The minimum Gasteiger partial charge on any atom is -0.453 e. The largest absolute Gasteiger partial charge is 0.453 e. The van der Waals surface area contributed by atoms with Crippen molar-refractivity contribution in [1.29, 1.82) is 0 Å². The van der Waals surface area contributed by atoms with Gasteiger partial charge in [-0.2, -0.15) is 0 Å². The number of carbonyl (C=O) groups excluding carboxylic acids is 3. The van der Waals surface area contributed by atoms with Crippen LogP contribution in [-0.4, -0.2) is 35.3 Å². The quantitative estimate of drug-likeness (QED) is 0.264. The topological polar surface area (TPSA) is 88.3 Å². The molecule has 1 fully saturated rings. The fraction of sp³-hybridized carbons (Fsp3) is 0.258. The van der Waals surface area contributed by atoms with E-state index in [4.69, 9.17) is 4.74 Å². The highest BCUT2D eigenvalue weighted by atomic mass is 16.6. The second-order valence-corrected chi connectivity index (χ2v) is 9.59. The summed E-state index contributed by atoms with van der Waals surface area (Å²) in [5.41, 5.74) is 4.79. The van der Waals surface area contributed by atoms with Crippen molar-refractivity contribution in [2.75, 3.05) is 6.54 Å². The predicted molar refractivity (Wildman–Crippen MR) is 142 cm³/mol. The second-order valence-electron chi connectivity index (χ2n) is 9.59. The highest BCUT2D eigenvalue weighted by molar-refractivity contribution is 6.07. The van der Waals surface area contributed by atoms with Crippen LogP contribution in [0.5, 0.6) is 0 Å². The summed E-state index contributed by atoms with van der Waals surface area (Å²) < 4.78 is 5.70. The number of ketones is 1. The van der Waals surface area contributed by atoms with E-state index in [9.17, 15) is 14.4 Å². The Balaban J connectivity index is 1.54. The summed E-state index contributed by atoms with van der Waals surface area (Å²) in [5.74, 6) is -2.09. The van der Waals surface area contributed by atoms with Crippen molar-refractivity contribution in [2.24, 2.45) is 5.92 Å². The maximum atomic E-state index is 13.7. The molecule has 4 aromatic rings. The number of benzene rings is 3. The molecule has 1 aliphatic heterocycles. The van der Waals surface area contributed by atoms with Gasteiger partial charge in [0.15, 0.2) is 11.9 Å². The number of amides is 1. The first kappa shape index (κ1) is 24.5. The first-order valence-electron chi connectivity index (χ1n) is 12.7. The van der Waals surface area contributed by atoms with Crippen LogP contribution in [0.2, 0.25) is 0 Å². The molecule has 1 amide bonds. The number of aromatic amines is 1. The minimum absolute atomic E-state index is 0.0967. The van der Waals surface area contributed by atoms with Crippen LogP contribution >= 0.6 is 0 Å². The van der Waals surface area contributed by atoms with Gasteiger partial charge in [-0.3, -0.25) is 14.4 Å². The molecule has 1 aromatic heterocycles. The Kier molecular flexibility index (Phi) is 7.17. The Morgan fingerprint density at radius 2 is 1.57 bits per heavy atom. The van der Waals surface area contributed by atoms with Crippen LogP contribution in [0.15, 0.2) is 84.9 Å². The zero-order valence-corrected chi connectivity index (χ0v) is 20.8. The third kappa shape index (κ3) is 5.33. The number of hydrogen-bond donors (Lipinski definition) is 2. The fourth-order valence-electron chi connectivity index (χ4n) is 5.35. The van der Waals surface area contributed by atoms with Crippen LogP contribution in [0, 0.1) is 5.92 Å². The Morgan fingerprint density at radius 1 is 0.919 bits per heavy atom. The van der Waals surface area contributed by atoms with Crippen LogP contribution in [0.3, 0.4) is 0 Å². The fourth-order valence-corrected chi connectivity index (χ4v) is 5.35. The van der Waals surface area contributed by atoms with Crippen molar-refractivity contribution in [3.63, 3.8) is 0 Å². The Bertz CT molecular complexity index is 1410. The van der Waals surface area contributed by atoms with E-state index >= 15 is 0 Å². The second kappa shape index (κ2) is 10.8. The molecule has 3 unspecified atom stereocenters. The van der Waals surface area contributed by atoms with Gasteiger partial charge in [-0.05, 0) is 35.6 Å². The van der Waals surface area contributed by atoms with E-state index in [1.54, 1.807) is 0 Å². The molecule has 6 heteroatoms. The standard InChI is InChI=1S/C31H30N2O4/c1-20(34)32-17-16-24-23-14-8-9-15-26(23)33-29(24)25(18-21-10-4-2-5-11-21)28-30(35)27(37-31(28)36)19-22-12-6-3-7-13-22/h2-15,25,27-28,33H,16-19H2,1H3,(H,32,34). The van der Waals surface area contributed by atoms with Crippen molar-refractivity contribution < 1.29 is 19.1 Å². The number of fused-ring (bicyclic) bond motifs is 1. The third-order valence-corrected chi connectivity index (χ3v) is 7.07. The normalized spacial score (nSPS) is 18.1. The SMILES string of the molecule is CC(=O)NCCc1c(C(Cc2ccccc2)C2C(=O)OC(Cc3ccccc3)C2=O)[nH]c2ccccc12. The summed E-state index contributed by atoms with van der Waals surface area (Å²) in [6.45, 7) is 1.95. The molecular weight excluding hydrogens is 464 g/mol. The summed E-state index contributed by atoms with van der Waals surface area (Å²) in [7, 11) is 0. The lowest BCUT2D eigenvalue weighted by Gasteiger charge is -2.21. The number of ether oxygens (including phenoxy) is 1. The van der Waals surface area contributed by atoms with Gasteiger partial charge in [-0.15, -0.1) is 0 Å². The number of esters is 1. The Labute approximate surface area is 216 Å². The van der Waals surface area contributed by atoms with Crippen molar-refractivity contribution in [1.82, 2.24) is 10.3 Å². The highest BCUT2D eigenvalue weighted by Gasteiger charge is 2.48. The summed E-state index contributed by atoms with van der Waals surface area (Å²) in [6, 6.07) is 27.5. The molecule has 1 saturated heterocycles. The molecule has 2 heterocycles. The monoisotopic (exact) mass is 494 g/mol. The molecule has 0 radical (unpaired) electrons. The number of nitrogens with one attached hydrogen (secondary N) is 2. The molecule has 0 bridgehead atoms. The van der Waals surface area contributed by atoms with Gasteiger partial charge < -0.3 is 15.0 Å². The summed E-state index contributed by atoms with van der Waals surface area (Å²) in [4.78, 5) is 42.1. The smallest absolute Gasteiger partial charge is 0.318 e. The van der Waals surface area contributed by atoms with Gasteiger partial charge in [0, 0.05) is 42.4 Å². The highest BCUT2D eigenvalue weighted by Crippen LogP contribution is 2.39. The van der Waals surface area contributed by atoms with Gasteiger partial charge >= 0.3 is 5.97 Å². The van der Waals surface area contributed by atoms with Crippen LogP contribution in [0.4, 0.5) is 0 Å². The number of cyclic esters (lactones) is 1. The summed E-state index contributed by atoms with van der Waals surface area (Å²) in [5, 5.41) is 3.90. The maximum Gasteiger partial charge on any atom is 0.318 e. The van der Waals surface area contributed by atoms with E-state index in [0.29, 0.717) is 25.8 Å². The van der Waals surface area contributed by atoms with Gasteiger partial charge in [0.05, 0.1) is 0 Å². The van der Waals surface area contributed by atoms with Crippen LogP contribution in [0.1, 0.15) is 35.2 Å². The van der Waals surface area contributed by atoms with Crippen molar-refractivity contribution in [2.45, 2.75) is 38.2 Å². The number of hydrogen-bond acceptors (Lipinski definition) is 4. The molecule has 3 atom stereocenters. The third-order valence-electron chi connectivity index (χ3n) is 7.07. The lowest BCUT2D eigenvalue weighted by molar-refractivity contribution is -0.144. The Hall–Kier alpha value is -4.19.